The van der Waals surface area contributed by atoms with Crippen LogP contribution in [0.4, 0.5) is 0 Å². The van der Waals surface area contributed by atoms with Crippen LogP contribution in [0.2, 0.25) is 0 Å². The molecule has 2 aliphatic rings. The lowest BCUT2D eigenvalue weighted by Crippen LogP contribution is -2.48. The van der Waals surface area contributed by atoms with Crippen LogP contribution in [-0.4, -0.2) is 52.6 Å². The fourth-order valence-electron chi connectivity index (χ4n) is 4.57. The number of likely N-dealkylation sites (tertiary alicyclic amines) is 1. The Hall–Kier alpha value is -2.96. The van der Waals surface area contributed by atoms with E-state index in [1.54, 1.807) is 11.8 Å². The molecule has 3 atom stereocenters. The molecule has 4 amide bonds. The van der Waals surface area contributed by atoms with Crippen LogP contribution in [0.25, 0.3) is 0 Å². The van der Waals surface area contributed by atoms with Gasteiger partial charge < -0.3 is 10.2 Å². The molecule has 0 bridgehead atoms. The van der Waals surface area contributed by atoms with Crippen LogP contribution in [0.5, 0.6) is 0 Å². The van der Waals surface area contributed by atoms with Gasteiger partial charge in [-0.05, 0) is 38.7 Å². The van der Waals surface area contributed by atoms with Crippen LogP contribution in [-0.2, 0) is 25.7 Å². The summed E-state index contributed by atoms with van der Waals surface area (Å²) in [7, 11) is 0. The Morgan fingerprint density at radius 1 is 1.15 bits per heavy atom. The molecule has 1 saturated heterocycles. The fraction of sp³-hybridized carbons (Fsp3) is 0.538. The quantitative estimate of drug-likeness (QED) is 0.335. The third-order valence-electron chi connectivity index (χ3n) is 6.58. The average molecular weight is 454 g/mol. The van der Waals surface area contributed by atoms with Gasteiger partial charge in [-0.2, -0.15) is 0 Å². The van der Waals surface area contributed by atoms with Crippen molar-refractivity contribution in [2.75, 3.05) is 13.1 Å². The van der Waals surface area contributed by atoms with Crippen molar-refractivity contribution < 1.29 is 19.2 Å². The largest absolute Gasteiger partial charge is 0.354 e. The van der Waals surface area contributed by atoms with Crippen LogP contribution in [0.1, 0.15) is 57.1 Å². The van der Waals surface area contributed by atoms with E-state index < -0.39 is 6.04 Å². The molecule has 0 radical (unpaired) electrons. The summed E-state index contributed by atoms with van der Waals surface area (Å²) in [5, 5.41) is 2.90. The number of hydrogen-bond acceptors (Lipinski definition) is 4. The van der Waals surface area contributed by atoms with E-state index in [2.05, 4.69) is 12.2 Å². The normalized spacial score (nSPS) is 20.5. The minimum atomic E-state index is -0.661. The number of rotatable bonds is 10. The second kappa shape index (κ2) is 11.3. The van der Waals surface area contributed by atoms with Crippen molar-refractivity contribution in [2.45, 2.75) is 65.5 Å². The van der Waals surface area contributed by atoms with Gasteiger partial charge in [0.1, 0.15) is 6.04 Å². The highest BCUT2D eigenvalue weighted by Gasteiger charge is 2.47. The Bertz CT molecular complexity index is 900. The summed E-state index contributed by atoms with van der Waals surface area (Å²) in [4.78, 5) is 54.3. The van der Waals surface area contributed by atoms with Gasteiger partial charge in [0.15, 0.2) is 0 Å². The Labute approximate surface area is 196 Å². The van der Waals surface area contributed by atoms with Crippen LogP contribution < -0.4 is 5.32 Å². The lowest BCUT2D eigenvalue weighted by Gasteiger charge is -2.29. The van der Waals surface area contributed by atoms with E-state index in [9.17, 15) is 19.2 Å². The number of amides is 4. The molecule has 7 heteroatoms. The Balaban J connectivity index is 1.69. The third-order valence-corrected chi connectivity index (χ3v) is 6.58. The Morgan fingerprint density at radius 3 is 2.42 bits per heavy atom. The van der Waals surface area contributed by atoms with Crippen molar-refractivity contribution >= 4 is 23.6 Å². The summed E-state index contributed by atoms with van der Waals surface area (Å²) >= 11 is 0. The summed E-state index contributed by atoms with van der Waals surface area (Å²) in [5.41, 5.74) is 2.01. The van der Waals surface area contributed by atoms with Gasteiger partial charge in [0, 0.05) is 26.1 Å². The highest BCUT2D eigenvalue weighted by Crippen LogP contribution is 2.35. The van der Waals surface area contributed by atoms with E-state index in [0.29, 0.717) is 25.9 Å². The minimum absolute atomic E-state index is 0.00272. The number of benzene rings is 1. The van der Waals surface area contributed by atoms with E-state index in [1.807, 2.05) is 43.3 Å². The molecule has 1 aliphatic heterocycles. The number of carbonyl (C=O) groups excluding carboxylic acids is 4. The maximum atomic E-state index is 13.3. The second-order valence-electron chi connectivity index (χ2n) is 9.07. The molecule has 0 unspecified atom stereocenters. The molecule has 1 aromatic rings. The van der Waals surface area contributed by atoms with E-state index in [4.69, 9.17) is 0 Å². The first-order valence-corrected chi connectivity index (χ1v) is 12.0. The van der Waals surface area contributed by atoms with Crippen molar-refractivity contribution in [3.63, 3.8) is 0 Å². The zero-order valence-electron chi connectivity index (χ0n) is 19.9. The van der Waals surface area contributed by atoms with Crippen molar-refractivity contribution in [3.8, 4) is 0 Å². The van der Waals surface area contributed by atoms with Crippen LogP contribution in [0, 0.1) is 18.8 Å². The molecule has 3 rings (SSSR count). The van der Waals surface area contributed by atoms with Gasteiger partial charge >= 0.3 is 0 Å². The summed E-state index contributed by atoms with van der Waals surface area (Å²) in [6.07, 6.45) is 6.90. The van der Waals surface area contributed by atoms with Gasteiger partial charge in [-0.1, -0.05) is 55.3 Å². The van der Waals surface area contributed by atoms with E-state index in [-0.39, 0.29) is 48.4 Å². The lowest BCUT2D eigenvalue weighted by atomic mass is 9.85. The van der Waals surface area contributed by atoms with Crippen molar-refractivity contribution in [1.29, 1.82) is 0 Å². The molecule has 1 aromatic carbocycles. The maximum Gasteiger partial charge on any atom is 0.242 e. The monoisotopic (exact) mass is 453 g/mol. The molecule has 1 aliphatic carbocycles. The molecule has 1 N–H and O–H groups in total. The highest BCUT2D eigenvalue weighted by atomic mass is 16.2. The predicted octanol–water partition coefficient (Wildman–Crippen LogP) is 2.97. The smallest absolute Gasteiger partial charge is 0.242 e. The zero-order valence-corrected chi connectivity index (χ0v) is 19.9. The van der Waals surface area contributed by atoms with Gasteiger partial charge in [-0.15, -0.1) is 0 Å². The molecular weight excluding hydrogens is 418 g/mol. The van der Waals surface area contributed by atoms with Crippen molar-refractivity contribution in [2.24, 2.45) is 11.8 Å². The Morgan fingerprint density at radius 2 is 1.82 bits per heavy atom. The Kier molecular flexibility index (Phi) is 8.42. The number of nitrogens with zero attached hydrogens (tertiary/aromatic N) is 2. The summed E-state index contributed by atoms with van der Waals surface area (Å²) in [5.74, 6) is -1.41. The topological polar surface area (TPSA) is 86.8 Å². The van der Waals surface area contributed by atoms with Gasteiger partial charge in [-0.25, -0.2) is 0 Å². The third kappa shape index (κ3) is 5.89. The van der Waals surface area contributed by atoms with Gasteiger partial charge in [0.05, 0.1) is 11.8 Å². The lowest BCUT2D eigenvalue weighted by molar-refractivity contribution is -0.143. The highest BCUT2D eigenvalue weighted by molar-refractivity contribution is 6.05. The first-order chi connectivity index (χ1) is 15.8. The summed E-state index contributed by atoms with van der Waals surface area (Å²) in [6.45, 7) is 6.67. The van der Waals surface area contributed by atoms with Crippen LogP contribution in [0.15, 0.2) is 36.4 Å². The number of hydrogen-bond donors (Lipinski definition) is 1. The molecule has 0 spiro atoms. The van der Waals surface area contributed by atoms with Crippen LogP contribution >= 0.6 is 0 Å². The maximum absolute atomic E-state index is 13.3. The molecule has 178 valence electrons. The first kappa shape index (κ1) is 24.7. The molecular formula is C26H35N3O4. The van der Waals surface area contributed by atoms with Gasteiger partial charge in [-0.3, -0.25) is 24.1 Å². The predicted molar refractivity (Wildman–Crippen MR) is 126 cm³/mol. The van der Waals surface area contributed by atoms with Crippen molar-refractivity contribution in [3.05, 3.63) is 47.5 Å². The molecule has 7 nitrogen and oxygen atoms in total. The van der Waals surface area contributed by atoms with Gasteiger partial charge in [0.2, 0.25) is 23.6 Å². The number of carbonyl (C=O) groups is 4. The van der Waals surface area contributed by atoms with E-state index >= 15 is 0 Å². The standard InChI is InChI=1S/C26H35N3O4/c1-4-5-14-27-24(31)19(3)29(17-20-10-8-9-18(2)16-20)23(30)13-15-28-25(32)21-11-6-7-12-22(21)26(28)33/h6-10,16,19,21-22H,4-5,11-15,17H2,1-3H3,(H,27,31)/t19-,21-,22+/m1/s1. The van der Waals surface area contributed by atoms with Gasteiger partial charge in [0.25, 0.3) is 0 Å². The number of imide groups is 1. The summed E-state index contributed by atoms with van der Waals surface area (Å²) in [6, 6.07) is 7.17. The first-order valence-electron chi connectivity index (χ1n) is 12.0. The SMILES string of the molecule is CCCCNC(=O)[C@@H](C)N(Cc1cccc(C)c1)C(=O)CCN1C(=O)[C@H]2CC=CC[C@H]2C1=O. The molecule has 1 heterocycles. The number of fused-ring (bicyclic) bond motifs is 1. The number of unbranched alkanes of at least 4 members (excludes halogenated alkanes) is 1. The van der Waals surface area contributed by atoms with E-state index in [0.717, 1.165) is 24.0 Å². The number of allylic oxidation sites excluding steroid dienone is 2. The van der Waals surface area contributed by atoms with E-state index in [1.165, 1.54) is 4.90 Å². The number of nitrogens with one attached hydrogen (secondary N) is 1. The molecule has 1 fully saturated rings. The zero-order chi connectivity index (χ0) is 24.0. The van der Waals surface area contributed by atoms with Crippen molar-refractivity contribution in [1.82, 2.24) is 15.1 Å². The average Bonchev–Trinajstić information content (AvgIpc) is 3.05. The summed E-state index contributed by atoms with van der Waals surface area (Å²) < 4.78 is 0. The second-order valence-corrected chi connectivity index (χ2v) is 9.07. The molecule has 0 saturated carbocycles. The molecule has 33 heavy (non-hydrogen) atoms. The number of aryl methyl sites for hydroxylation is 1. The minimum Gasteiger partial charge on any atom is -0.354 e. The molecule has 0 aromatic heterocycles. The fourth-order valence-corrected chi connectivity index (χ4v) is 4.57. The van der Waals surface area contributed by atoms with Crippen LogP contribution in [0.3, 0.4) is 0 Å².